The second-order valence-corrected chi connectivity index (χ2v) is 6.77. The fourth-order valence-corrected chi connectivity index (χ4v) is 2.99. The summed E-state index contributed by atoms with van der Waals surface area (Å²) in [6.07, 6.45) is 7.02. The molecule has 0 aliphatic heterocycles. The van der Waals surface area contributed by atoms with Crippen molar-refractivity contribution >= 4 is 17.8 Å². The van der Waals surface area contributed by atoms with Gasteiger partial charge in [0, 0.05) is 18.8 Å². The maximum atomic E-state index is 11.8. The molecule has 8 nitrogen and oxygen atoms in total. The van der Waals surface area contributed by atoms with E-state index >= 15 is 0 Å². The molecule has 0 aromatic rings. The first kappa shape index (κ1) is 29.9. The Bertz CT molecular complexity index is 465. The van der Waals surface area contributed by atoms with Crippen LogP contribution < -0.4 is 61.8 Å². The van der Waals surface area contributed by atoms with Crippen LogP contribution >= 0.6 is 0 Å². The van der Waals surface area contributed by atoms with Crippen molar-refractivity contribution in [1.82, 2.24) is 5.32 Å². The molecule has 0 heterocycles. The van der Waals surface area contributed by atoms with Crippen molar-refractivity contribution in [1.29, 1.82) is 0 Å². The number of rotatable bonds is 17. The zero-order valence-corrected chi connectivity index (χ0v) is 20.4. The van der Waals surface area contributed by atoms with E-state index in [1.807, 2.05) is 6.08 Å². The van der Waals surface area contributed by atoms with Crippen molar-refractivity contribution in [2.75, 3.05) is 39.3 Å². The van der Waals surface area contributed by atoms with Crippen LogP contribution in [0.25, 0.3) is 0 Å². The monoisotopic (exact) mass is 425 g/mol. The molecule has 0 bridgehead atoms. The van der Waals surface area contributed by atoms with E-state index in [1.165, 1.54) is 6.08 Å². The molecule has 0 fully saturated rings. The van der Waals surface area contributed by atoms with Crippen LogP contribution in [0, 0.1) is 0 Å². The zero-order chi connectivity index (χ0) is 20.5. The number of carbonyl (C=O) groups is 3. The summed E-state index contributed by atoms with van der Waals surface area (Å²) in [6, 6.07) is 0. The van der Waals surface area contributed by atoms with Crippen molar-refractivity contribution in [2.24, 2.45) is 0 Å². The number of carboxylic acids is 2. The maximum absolute atomic E-state index is 11.8. The van der Waals surface area contributed by atoms with E-state index in [1.54, 1.807) is 0 Å². The van der Waals surface area contributed by atoms with Crippen LogP contribution in [0.2, 0.25) is 0 Å². The van der Waals surface area contributed by atoms with Gasteiger partial charge in [-0.2, -0.15) is 0 Å². The number of hydrogen-bond acceptors (Lipinski definition) is 5. The smallest absolute Gasteiger partial charge is 0.550 e. The largest absolute Gasteiger partial charge is 1.00 e. The van der Waals surface area contributed by atoms with Crippen LogP contribution in [-0.4, -0.2) is 71.9 Å². The van der Waals surface area contributed by atoms with Gasteiger partial charge in [-0.25, -0.2) is 0 Å². The summed E-state index contributed by atoms with van der Waals surface area (Å²) < 4.78 is 0.372. The van der Waals surface area contributed by atoms with Gasteiger partial charge in [0.1, 0.15) is 6.54 Å². The van der Waals surface area contributed by atoms with Gasteiger partial charge in [0.05, 0.1) is 39.2 Å². The third kappa shape index (κ3) is 16.6. The minimum Gasteiger partial charge on any atom is -0.550 e. The number of unbranched alkanes of at least 4 members (excludes halogenated alkanes) is 2. The summed E-state index contributed by atoms with van der Waals surface area (Å²) in [4.78, 5) is 33.3. The molecule has 1 atom stereocenters. The van der Waals surface area contributed by atoms with Gasteiger partial charge in [-0.1, -0.05) is 25.8 Å². The average molecular weight is 426 g/mol. The first-order valence-corrected chi connectivity index (χ1v) is 9.67. The number of aliphatic hydroxyl groups is 1. The summed E-state index contributed by atoms with van der Waals surface area (Å²) in [5, 5.41) is 31.8. The molecule has 0 rings (SSSR count). The number of allylic oxidation sites excluding steroid dienone is 1. The molecule has 0 saturated carbocycles. The number of carboxylic acid groups (broad SMARTS) is 2. The van der Waals surface area contributed by atoms with Gasteiger partial charge in [-0.15, -0.1) is 0 Å². The predicted octanol–water partition coefficient (Wildman–Crippen LogP) is -2.94. The van der Waals surface area contributed by atoms with Gasteiger partial charge in [0.25, 0.3) is 0 Å². The Hall–Kier alpha value is -0.294. The van der Waals surface area contributed by atoms with E-state index in [-0.39, 0.29) is 76.7 Å². The quantitative estimate of drug-likeness (QED) is 0.0990. The molecule has 0 saturated heterocycles. The first-order chi connectivity index (χ1) is 12.8. The Balaban J connectivity index is 0. The Morgan fingerprint density at radius 3 is 2.21 bits per heavy atom. The van der Waals surface area contributed by atoms with Crippen LogP contribution in [0.5, 0.6) is 0 Å². The van der Waals surface area contributed by atoms with Crippen molar-refractivity contribution in [2.45, 2.75) is 51.9 Å². The minimum absolute atomic E-state index is 0. The van der Waals surface area contributed by atoms with E-state index in [2.05, 4.69) is 12.2 Å². The van der Waals surface area contributed by atoms with E-state index in [0.29, 0.717) is 50.0 Å². The van der Waals surface area contributed by atoms with Gasteiger partial charge >= 0.3 is 57.4 Å². The number of aliphatic hydroxyl groups excluding tert-OH is 1. The fourth-order valence-electron chi connectivity index (χ4n) is 2.99. The molecule has 0 aliphatic rings. The average Bonchev–Trinajstić information content (AvgIpc) is 2.58. The number of carbonyl (C=O) groups excluding carboxylic acids is 2. The molecule has 0 aromatic carbocycles. The van der Waals surface area contributed by atoms with Gasteiger partial charge in [0.15, 0.2) is 0 Å². The molecular formula is C19H34KN2O6+. The molecule has 28 heavy (non-hydrogen) atoms. The molecule has 0 spiro atoms. The number of nitrogens with one attached hydrogen (secondary N) is 1. The van der Waals surface area contributed by atoms with Crippen molar-refractivity contribution in [3.63, 3.8) is 0 Å². The maximum Gasteiger partial charge on any atom is 1.00 e. The Labute approximate surface area is 210 Å². The molecule has 3 N–H and O–H groups in total. The normalized spacial score (nSPS) is 12.9. The van der Waals surface area contributed by atoms with Crippen molar-refractivity contribution in [3.05, 3.63) is 12.2 Å². The van der Waals surface area contributed by atoms with Gasteiger partial charge in [-0.3, -0.25) is 9.59 Å². The topological polar surface area (TPSA) is 127 Å². The Morgan fingerprint density at radius 1 is 1.04 bits per heavy atom. The SMILES string of the molecule is CCCC/C=C/C(=O)NCC[N+](CCO)(CCCC(=O)[O-])CCCC(=O)O.[K+]. The van der Waals surface area contributed by atoms with Crippen LogP contribution in [0.4, 0.5) is 0 Å². The molecule has 156 valence electrons. The third-order valence-corrected chi connectivity index (χ3v) is 4.49. The summed E-state index contributed by atoms with van der Waals surface area (Å²) in [5.74, 6) is -2.21. The fraction of sp³-hybridized carbons (Fsp3) is 0.737. The summed E-state index contributed by atoms with van der Waals surface area (Å²) in [6.45, 7) is 4.23. The molecule has 0 aromatic heterocycles. The number of hydrogen-bond donors (Lipinski definition) is 3. The molecule has 1 unspecified atom stereocenters. The first-order valence-electron chi connectivity index (χ1n) is 9.67. The predicted molar refractivity (Wildman–Crippen MR) is 99.6 cm³/mol. The zero-order valence-electron chi connectivity index (χ0n) is 17.3. The summed E-state index contributed by atoms with van der Waals surface area (Å²) >= 11 is 0. The molecule has 1 amide bonds. The summed E-state index contributed by atoms with van der Waals surface area (Å²) in [5.41, 5.74) is 0. The number of nitrogens with zero attached hydrogens (tertiary/aromatic N) is 1. The van der Waals surface area contributed by atoms with E-state index in [0.717, 1.165) is 19.3 Å². The van der Waals surface area contributed by atoms with Crippen LogP contribution in [0.15, 0.2) is 12.2 Å². The van der Waals surface area contributed by atoms with Crippen molar-refractivity contribution < 1.29 is 85.6 Å². The molecule has 9 heteroatoms. The van der Waals surface area contributed by atoms with E-state index in [4.69, 9.17) is 5.11 Å². The van der Waals surface area contributed by atoms with E-state index < -0.39 is 11.9 Å². The van der Waals surface area contributed by atoms with Crippen LogP contribution in [0.1, 0.15) is 51.9 Å². The second-order valence-electron chi connectivity index (χ2n) is 6.77. The van der Waals surface area contributed by atoms with Crippen LogP contribution in [-0.2, 0) is 14.4 Å². The third-order valence-electron chi connectivity index (χ3n) is 4.49. The summed E-state index contributed by atoms with van der Waals surface area (Å²) in [7, 11) is 0. The molecule has 0 aliphatic carbocycles. The minimum atomic E-state index is -1.13. The van der Waals surface area contributed by atoms with Gasteiger partial charge in [0.2, 0.25) is 5.91 Å². The molecular weight excluding hydrogens is 391 g/mol. The second kappa shape index (κ2) is 18.7. The standard InChI is InChI=1S/C19H34N2O6.K/c1-2-3-4-5-8-17(23)20-11-14-21(15-16-22,12-6-9-18(24)25)13-7-10-19(26)27;/h5,8,22H,2-4,6-7,9-16H2,1H3,(H2-,20,23,24,25,26,27);/q;+1/b8-5+;. The Morgan fingerprint density at radius 2 is 1.68 bits per heavy atom. The number of amides is 1. The van der Waals surface area contributed by atoms with Crippen molar-refractivity contribution in [3.8, 4) is 0 Å². The van der Waals surface area contributed by atoms with Gasteiger partial charge in [-0.05, 0) is 18.9 Å². The number of quaternary nitrogens is 1. The number of aliphatic carboxylic acids is 2. The Kier molecular flexibility index (Phi) is 20.0. The van der Waals surface area contributed by atoms with Crippen LogP contribution in [0.3, 0.4) is 0 Å². The molecule has 0 radical (unpaired) electrons. The van der Waals surface area contributed by atoms with E-state index in [9.17, 15) is 24.6 Å². The van der Waals surface area contributed by atoms with Gasteiger partial charge < -0.3 is 29.9 Å².